The summed E-state index contributed by atoms with van der Waals surface area (Å²) in [7, 11) is 0. The highest BCUT2D eigenvalue weighted by Crippen LogP contribution is 2.23. The Bertz CT molecular complexity index is 197. The molecule has 3 atom stereocenters. The van der Waals surface area contributed by atoms with Crippen molar-refractivity contribution in [1.29, 1.82) is 0 Å². The first kappa shape index (κ1) is 11.6. The van der Waals surface area contributed by atoms with Gasteiger partial charge in [0.15, 0.2) is 0 Å². The number of hydrogen-bond donors (Lipinski definition) is 1. The van der Waals surface area contributed by atoms with E-state index >= 15 is 0 Å². The van der Waals surface area contributed by atoms with Crippen LogP contribution < -0.4 is 5.32 Å². The van der Waals surface area contributed by atoms with Crippen LogP contribution in [0.2, 0.25) is 0 Å². The number of hydrogen-bond acceptors (Lipinski definition) is 3. The van der Waals surface area contributed by atoms with Crippen LogP contribution >= 0.6 is 12.4 Å². The Morgan fingerprint density at radius 3 is 2.40 bits per heavy atom. The highest BCUT2D eigenvalue weighted by atomic mass is 35.5. The van der Waals surface area contributed by atoms with Gasteiger partial charge in [0, 0.05) is 37.8 Å². The molecule has 0 amide bonds. The number of nitrogens with zero attached hydrogens (tertiary/aromatic N) is 1. The number of fused-ring (bicyclic) bond motifs is 2. The summed E-state index contributed by atoms with van der Waals surface area (Å²) in [6, 6.07) is 2.26. The van der Waals surface area contributed by atoms with Gasteiger partial charge in [-0.15, -0.1) is 12.4 Å². The second-order valence-electron chi connectivity index (χ2n) is 4.96. The van der Waals surface area contributed by atoms with Gasteiger partial charge >= 0.3 is 0 Å². The fourth-order valence-corrected chi connectivity index (χ4v) is 3.15. The third-order valence-electron chi connectivity index (χ3n) is 3.91. The van der Waals surface area contributed by atoms with Gasteiger partial charge in [-0.05, 0) is 19.3 Å². The monoisotopic (exact) mass is 232 g/mol. The number of piperidine rings is 1. The largest absolute Gasteiger partial charge is 0.380 e. The van der Waals surface area contributed by atoms with Gasteiger partial charge in [0.2, 0.25) is 0 Å². The number of rotatable bonds is 1. The molecule has 15 heavy (non-hydrogen) atoms. The van der Waals surface area contributed by atoms with Crippen LogP contribution in [-0.4, -0.2) is 49.3 Å². The number of nitrogens with one attached hydrogen (secondary N) is 1. The van der Waals surface area contributed by atoms with Crippen molar-refractivity contribution in [2.45, 2.75) is 43.8 Å². The van der Waals surface area contributed by atoms with E-state index in [1.54, 1.807) is 0 Å². The molecule has 3 fully saturated rings. The molecule has 4 heteroatoms. The maximum Gasteiger partial charge on any atom is 0.0622 e. The van der Waals surface area contributed by atoms with Crippen molar-refractivity contribution in [3.05, 3.63) is 0 Å². The van der Waals surface area contributed by atoms with Gasteiger partial charge in [-0.2, -0.15) is 0 Å². The summed E-state index contributed by atoms with van der Waals surface area (Å²) in [5.74, 6) is 0. The molecule has 3 nitrogen and oxygen atoms in total. The van der Waals surface area contributed by atoms with Crippen LogP contribution in [0.1, 0.15) is 25.7 Å². The zero-order valence-electron chi connectivity index (χ0n) is 9.15. The highest BCUT2D eigenvalue weighted by Gasteiger charge is 2.34. The number of piperazine rings is 1. The Balaban J connectivity index is 0.000000853. The fourth-order valence-electron chi connectivity index (χ4n) is 3.15. The molecule has 0 aliphatic carbocycles. The van der Waals surface area contributed by atoms with Gasteiger partial charge in [0.05, 0.1) is 6.61 Å². The van der Waals surface area contributed by atoms with Crippen LogP contribution in [0, 0.1) is 0 Å². The van der Waals surface area contributed by atoms with E-state index in [-0.39, 0.29) is 12.4 Å². The van der Waals surface area contributed by atoms with E-state index in [0.717, 1.165) is 31.3 Å². The van der Waals surface area contributed by atoms with E-state index in [9.17, 15) is 0 Å². The SMILES string of the molecule is C1CC2CN(C3CCOC3)CC(C1)N2.Cl. The fraction of sp³-hybridized carbons (Fsp3) is 1.00. The Morgan fingerprint density at radius 1 is 1.07 bits per heavy atom. The van der Waals surface area contributed by atoms with Gasteiger partial charge in [0.1, 0.15) is 0 Å². The predicted octanol–water partition coefficient (Wildman–Crippen LogP) is 1.02. The van der Waals surface area contributed by atoms with E-state index in [2.05, 4.69) is 10.2 Å². The van der Waals surface area contributed by atoms with Crippen molar-refractivity contribution in [2.75, 3.05) is 26.3 Å². The summed E-state index contributed by atoms with van der Waals surface area (Å²) in [4.78, 5) is 2.66. The van der Waals surface area contributed by atoms with Crippen LogP contribution in [0.3, 0.4) is 0 Å². The lowest BCUT2D eigenvalue weighted by atomic mass is 9.93. The van der Waals surface area contributed by atoms with Crippen LogP contribution in [0.5, 0.6) is 0 Å². The zero-order chi connectivity index (χ0) is 9.38. The van der Waals surface area contributed by atoms with Crippen molar-refractivity contribution < 1.29 is 4.74 Å². The minimum atomic E-state index is 0. The molecule has 0 aromatic heterocycles. The van der Waals surface area contributed by atoms with E-state index in [0.29, 0.717) is 0 Å². The zero-order valence-corrected chi connectivity index (χ0v) is 9.97. The quantitative estimate of drug-likeness (QED) is 0.731. The minimum Gasteiger partial charge on any atom is -0.380 e. The van der Waals surface area contributed by atoms with Crippen molar-refractivity contribution in [1.82, 2.24) is 10.2 Å². The van der Waals surface area contributed by atoms with Gasteiger partial charge in [-0.3, -0.25) is 4.90 Å². The van der Waals surface area contributed by atoms with Crippen LogP contribution in [-0.2, 0) is 4.74 Å². The molecule has 3 rings (SSSR count). The smallest absolute Gasteiger partial charge is 0.0622 e. The molecule has 3 aliphatic heterocycles. The molecular weight excluding hydrogens is 212 g/mol. The molecule has 3 heterocycles. The summed E-state index contributed by atoms with van der Waals surface area (Å²) in [6.07, 6.45) is 5.43. The summed E-state index contributed by atoms with van der Waals surface area (Å²) < 4.78 is 5.47. The average molecular weight is 233 g/mol. The topological polar surface area (TPSA) is 24.5 Å². The number of halogens is 1. The van der Waals surface area contributed by atoms with E-state index < -0.39 is 0 Å². The normalized spacial score (nSPS) is 41.2. The molecule has 0 aromatic carbocycles. The van der Waals surface area contributed by atoms with Gasteiger partial charge < -0.3 is 10.1 Å². The Hall–Kier alpha value is 0.170. The van der Waals surface area contributed by atoms with E-state index in [1.165, 1.54) is 38.8 Å². The Morgan fingerprint density at radius 2 is 1.80 bits per heavy atom. The van der Waals surface area contributed by atoms with Crippen molar-refractivity contribution in [2.24, 2.45) is 0 Å². The summed E-state index contributed by atoms with van der Waals surface area (Å²) in [6.45, 7) is 4.46. The second-order valence-corrected chi connectivity index (χ2v) is 4.96. The highest BCUT2D eigenvalue weighted by molar-refractivity contribution is 5.85. The summed E-state index contributed by atoms with van der Waals surface area (Å²) in [5, 5.41) is 3.72. The minimum absolute atomic E-state index is 0. The van der Waals surface area contributed by atoms with Crippen molar-refractivity contribution >= 4 is 12.4 Å². The lowest BCUT2D eigenvalue weighted by molar-refractivity contribution is 0.0763. The Labute approximate surface area is 97.9 Å². The first-order chi connectivity index (χ1) is 6.92. The molecule has 0 aromatic rings. The first-order valence-corrected chi connectivity index (χ1v) is 5.99. The van der Waals surface area contributed by atoms with E-state index in [4.69, 9.17) is 4.74 Å². The van der Waals surface area contributed by atoms with Crippen molar-refractivity contribution in [3.63, 3.8) is 0 Å². The molecule has 2 bridgehead atoms. The molecule has 0 radical (unpaired) electrons. The van der Waals surface area contributed by atoms with Gasteiger partial charge in [-0.1, -0.05) is 6.42 Å². The molecular formula is C11H21ClN2O. The average Bonchev–Trinajstić information content (AvgIpc) is 2.69. The summed E-state index contributed by atoms with van der Waals surface area (Å²) in [5.41, 5.74) is 0. The third-order valence-corrected chi connectivity index (χ3v) is 3.91. The van der Waals surface area contributed by atoms with E-state index in [1.807, 2.05) is 0 Å². The lowest BCUT2D eigenvalue weighted by Crippen LogP contribution is -2.60. The second kappa shape index (κ2) is 5.00. The first-order valence-electron chi connectivity index (χ1n) is 5.99. The number of likely N-dealkylation sites (tertiary alicyclic amines) is 1. The maximum atomic E-state index is 5.47. The predicted molar refractivity (Wildman–Crippen MR) is 62.6 cm³/mol. The molecule has 3 unspecified atom stereocenters. The van der Waals surface area contributed by atoms with Gasteiger partial charge in [-0.25, -0.2) is 0 Å². The molecule has 0 spiro atoms. The third kappa shape index (κ3) is 2.47. The van der Waals surface area contributed by atoms with Crippen LogP contribution in [0.25, 0.3) is 0 Å². The molecule has 0 saturated carbocycles. The molecule has 3 aliphatic rings. The van der Waals surface area contributed by atoms with Gasteiger partial charge in [0.25, 0.3) is 0 Å². The maximum absolute atomic E-state index is 5.47. The molecule has 3 saturated heterocycles. The standard InChI is InChI=1S/C11H20N2O.ClH/c1-2-9-6-13(7-10(3-1)12-9)11-4-5-14-8-11;/h9-12H,1-8H2;1H. The van der Waals surface area contributed by atoms with Crippen molar-refractivity contribution in [3.8, 4) is 0 Å². The van der Waals surface area contributed by atoms with Crippen LogP contribution in [0.4, 0.5) is 0 Å². The summed E-state index contributed by atoms with van der Waals surface area (Å²) >= 11 is 0. The molecule has 1 N–H and O–H groups in total. The van der Waals surface area contributed by atoms with Crippen LogP contribution in [0.15, 0.2) is 0 Å². The molecule has 88 valence electrons. The Kier molecular flexibility index (Phi) is 3.88. The lowest BCUT2D eigenvalue weighted by Gasteiger charge is -2.44. The number of ether oxygens (including phenoxy) is 1.